The van der Waals surface area contributed by atoms with Crippen molar-refractivity contribution >= 4 is 11.0 Å². The third-order valence-corrected chi connectivity index (χ3v) is 3.44. The first-order valence-electron chi connectivity index (χ1n) is 6.57. The Kier molecular flexibility index (Phi) is 3.58. The van der Waals surface area contributed by atoms with E-state index in [4.69, 9.17) is 9.15 Å². The summed E-state index contributed by atoms with van der Waals surface area (Å²) in [6.07, 6.45) is 3.33. The van der Waals surface area contributed by atoms with Gasteiger partial charge in [-0.2, -0.15) is 0 Å². The third kappa shape index (κ3) is 2.36. The van der Waals surface area contributed by atoms with E-state index in [1.807, 2.05) is 25.2 Å². The van der Waals surface area contributed by atoms with Crippen LogP contribution < -0.4 is 10.1 Å². The van der Waals surface area contributed by atoms with Gasteiger partial charge in [0.05, 0.1) is 19.3 Å². The summed E-state index contributed by atoms with van der Waals surface area (Å²) in [5.41, 5.74) is 1.15. The summed E-state index contributed by atoms with van der Waals surface area (Å²) in [4.78, 5) is 4.04. The van der Waals surface area contributed by atoms with Gasteiger partial charge in [0, 0.05) is 17.1 Å². The van der Waals surface area contributed by atoms with Crippen LogP contribution in [0.15, 0.2) is 47.1 Å². The SMILES string of the molecule is CNC(c1cc2cccc(F)c2o1)c1ccncc1OC. The molecule has 0 amide bonds. The van der Waals surface area contributed by atoms with E-state index in [2.05, 4.69) is 10.3 Å². The van der Waals surface area contributed by atoms with E-state index in [1.54, 1.807) is 25.6 Å². The maximum Gasteiger partial charge on any atom is 0.169 e. The number of hydrogen-bond acceptors (Lipinski definition) is 4. The van der Waals surface area contributed by atoms with Gasteiger partial charge in [-0.15, -0.1) is 0 Å². The van der Waals surface area contributed by atoms with Crippen LogP contribution in [-0.2, 0) is 0 Å². The van der Waals surface area contributed by atoms with Gasteiger partial charge in [-0.3, -0.25) is 4.98 Å². The lowest BCUT2D eigenvalue weighted by atomic mass is 10.0. The maximum absolute atomic E-state index is 13.8. The molecule has 0 radical (unpaired) electrons. The molecule has 0 saturated heterocycles. The molecule has 0 aliphatic carbocycles. The lowest BCUT2D eigenvalue weighted by molar-refractivity contribution is 0.396. The van der Waals surface area contributed by atoms with Crippen LogP contribution in [0.4, 0.5) is 4.39 Å². The van der Waals surface area contributed by atoms with Gasteiger partial charge in [-0.1, -0.05) is 12.1 Å². The number of rotatable bonds is 4. The number of fused-ring (bicyclic) bond motifs is 1. The van der Waals surface area contributed by atoms with Gasteiger partial charge in [-0.25, -0.2) is 4.39 Å². The Bertz CT molecular complexity index is 770. The summed E-state index contributed by atoms with van der Waals surface area (Å²) in [6, 6.07) is 8.31. The quantitative estimate of drug-likeness (QED) is 0.799. The molecule has 3 aromatic rings. The van der Waals surface area contributed by atoms with Gasteiger partial charge in [0.15, 0.2) is 11.4 Å². The molecule has 0 aliphatic rings. The molecule has 0 fully saturated rings. The van der Waals surface area contributed by atoms with E-state index in [9.17, 15) is 4.39 Å². The van der Waals surface area contributed by atoms with Crippen molar-refractivity contribution in [1.82, 2.24) is 10.3 Å². The molecule has 2 aromatic heterocycles. The van der Waals surface area contributed by atoms with Crippen LogP contribution in [0.2, 0.25) is 0 Å². The summed E-state index contributed by atoms with van der Waals surface area (Å²) in [7, 11) is 3.40. The maximum atomic E-state index is 13.8. The highest BCUT2D eigenvalue weighted by Crippen LogP contribution is 2.33. The molecule has 1 unspecified atom stereocenters. The van der Waals surface area contributed by atoms with Crippen LogP contribution >= 0.6 is 0 Å². The van der Waals surface area contributed by atoms with Gasteiger partial charge in [0.25, 0.3) is 0 Å². The number of para-hydroxylation sites is 1. The normalized spacial score (nSPS) is 12.5. The molecule has 0 aliphatic heterocycles. The van der Waals surface area contributed by atoms with Crippen molar-refractivity contribution in [3.05, 3.63) is 59.9 Å². The van der Waals surface area contributed by atoms with Crippen LogP contribution in [0, 0.1) is 5.82 Å². The molecule has 5 heteroatoms. The predicted octanol–water partition coefficient (Wildman–Crippen LogP) is 3.28. The molecule has 3 rings (SSSR count). The summed E-state index contributed by atoms with van der Waals surface area (Å²) in [5.74, 6) is 0.912. The second kappa shape index (κ2) is 5.54. The Morgan fingerprint density at radius 1 is 1.33 bits per heavy atom. The summed E-state index contributed by atoms with van der Waals surface area (Å²) in [6.45, 7) is 0. The number of furan rings is 1. The highest BCUT2D eigenvalue weighted by atomic mass is 19.1. The fraction of sp³-hybridized carbons (Fsp3) is 0.188. The zero-order valence-corrected chi connectivity index (χ0v) is 11.8. The Morgan fingerprint density at radius 3 is 2.90 bits per heavy atom. The smallest absolute Gasteiger partial charge is 0.169 e. The predicted molar refractivity (Wildman–Crippen MR) is 77.9 cm³/mol. The Balaban J connectivity index is 2.12. The van der Waals surface area contributed by atoms with Crippen molar-refractivity contribution in [2.75, 3.05) is 14.2 Å². The van der Waals surface area contributed by atoms with Crippen LogP contribution in [0.1, 0.15) is 17.4 Å². The van der Waals surface area contributed by atoms with Crippen LogP contribution in [0.3, 0.4) is 0 Å². The largest absolute Gasteiger partial charge is 0.495 e. The topological polar surface area (TPSA) is 47.3 Å². The molecule has 0 bridgehead atoms. The Hall–Kier alpha value is -2.40. The number of nitrogens with one attached hydrogen (secondary N) is 1. The van der Waals surface area contributed by atoms with Crippen molar-refractivity contribution in [3.8, 4) is 5.75 Å². The van der Waals surface area contributed by atoms with Crippen LogP contribution in [0.5, 0.6) is 5.75 Å². The van der Waals surface area contributed by atoms with E-state index in [-0.39, 0.29) is 17.4 Å². The number of pyridine rings is 1. The van der Waals surface area contributed by atoms with E-state index in [1.165, 1.54) is 6.07 Å². The molecule has 1 N–H and O–H groups in total. The molecule has 4 nitrogen and oxygen atoms in total. The minimum Gasteiger partial charge on any atom is -0.495 e. The number of benzene rings is 1. The first kappa shape index (κ1) is 13.6. The average molecular weight is 286 g/mol. The van der Waals surface area contributed by atoms with Crippen molar-refractivity contribution in [2.24, 2.45) is 0 Å². The second-order valence-electron chi connectivity index (χ2n) is 4.65. The van der Waals surface area contributed by atoms with Gasteiger partial charge in [0.2, 0.25) is 0 Å². The molecular weight excluding hydrogens is 271 g/mol. The minimum atomic E-state index is -0.365. The summed E-state index contributed by atoms with van der Waals surface area (Å²) in [5, 5.41) is 3.90. The number of nitrogens with zero attached hydrogens (tertiary/aromatic N) is 1. The van der Waals surface area contributed by atoms with E-state index in [0.717, 1.165) is 10.9 Å². The van der Waals surface area contributed by atoms with Gasteiger partial charge >= 0.3 is 0 Å². The van der Waals surface area contributed by atoms with Gasteiger partial charge < -0.3 is 14.5 Å². The molecule has 21 heavy (non-hydrogen) atoms. The molecule has 108 valence electrons. The Morgan fingerprint density at radius 2 is 2.19 bits per heavy atom. The monoisotopic (exact) mass is 286 g/mol. The number of methoxy groups -OCH3 is 1. The zero-order valence-electron chi connectivity index (χ0n) is 11.8. The third-order valence-electron chi connectivity index (χ3n) is 3.44. The zero-order chi connectivity index (χ0) is 14.8. The van der Waals surface area contributed by atoms with E-state index in [0.29, 0.717) is 11.5 Å². The molecule has 0 spiro atoms. The van der Waals surface area contributed by atoms with Crippen molar-refractivity contribution < 1.29 is 13.5 Å². The molecule has 1 atom stereocenters. The van der Waals surface area contributed by atoms with Crippen LogP contribution in [0.25, 0.3) is 11.0 Å². The molecule has 1 aromatic carbocycles. The summed E-state index contributed by atoms with van der Waals surface area (Å²) < 4.78 is 24.8. The lowest BCUT2D eigenvalue weighted by Crippen LogP contribution is -2.17. The molecular formula is C16H15FN2O2. The summed E-state index contributed by atoms with van der Waals surface area (Å²) >= 11 is 0. The van der Waals surface area contributed by atoms with Crippen LogP contribution in [-0.4, -0.2) is 19.1 Å². The number of ether oxygens (including phenoxy) is 1. The number of hydrogen-bond donors (Lipinski definition) is 1. The second-order valence-corrected chi connectivity index (χ2v) is 4.65. The van der Waals surface area contributed by atoms with Gasteiger partial charge in [-0.05, 0) is 25.2 Å². The average Bonchev–Trinajstić information content (AvgIpc) is 2.94. The first-order valence-corrected chi connectivity index (χ1v) is 6.57. The highest BCUT2D eigenvalue weighted by Gasteiger charge is 2.21. The van der Waals surface area contributed by atoms with E-state index >= 15 is 0 Å². The first-order chi connectivity index (χ1) is 10.2. The molecule has 0 saturated carbocycles. The van der Waals surface area contributed by atoms with Gasteiger partial charge in [0.1, 0.15) is 11.5 Å². The fourth-order valence-corrected chi connectivity index (χ4v) is 2.44. The number of aromatic nitrogens is 1. The van der Waals surface area contributed by atoms with E-state index < -0.39 is 0 Å². The lowest BCUT2D eigenvalue weighted by Gasteiger charge is -2.16. The minimum absolute atomic E-state index is 0.241. The van der Waals surface area contributed by atoms with Crippen molar-refractivity contribution in [3.63, 3.8) is 0 Å². The van der Waals surface area contributed by atoms with Crippen molar-refractivity contribution in [1.29, 1.82) is 0 Å². The van der Waals surface area contributed by atoms with Crippen molar-refractivity contribution in [2.45, 2.75) is 6.04 Å². The number of halogens is 1. The fourth-order valence-electron chi connectivity index (χ4n) is 2.44. The highest BCUT2D eigenvalue weighted by molar-refractivity contribution is 5.78. The molecule has 2 heterocycles. The standard InChI is InChI=1S/C16H15FN2O2/c1-18-15(11-6-7-19-9-14(11)20-2)13-8-10-4-3-5-12(17)16(10)21-13/h3-9,15,18H,1-2H3. The Labute approximate surface area is 121 Å².